The normalized spacial score (nSPS) is 18.3. The topological polar surface area (TPSA) is 133 Å². The van der Waals surface area contributed by atoms with Gasteiger partial charge in [0, 0.05) is 12.6 Å². The van der Waals surface area contributed by atoms with Gasteiger partial charge in [-0.3, -0.25) is 9.78 Å². The molecule has 0 bridgehead atoms. The second-order valence-corrected chi connectivity index (χ2v) is 12.6. The molecule has 1 aliphatic rings. The van der Waals surface area contributed by atoms with Crippen LogP contribution in [0.1, 0.15) is 48.0 Å². The number of fused-ring (bicyclic) bond motifs is 1. The summed E-state index contributed by atoms with van der Waals surface area (Å²) < 4.78 is 16.8. The number of hydrogen-bond acceptors (Lipinski definition) is 10. The van der Waals surface area contributed by atoms with Crippen LogP contribution in [0.2, 0.25) is 0 Å². The highest BCUT2D eigenvalue weighted by molar-refractivity contribution is 7.16. The maximum Gasteiger partial charge on any atom is 0.408 e. The van der Waals surface area contributed by atoms with Crippen molar-refractivity contribution in [3.8, 4) is 17.4 Å². The number of esters is 1. The number of carbonyl (C=O) groups excluding carboxylic acids is 3. The number of amides is 2. The highest BCUT2D eigenvalue weighted by atomic mass is 32.1. The molecule has 214 valence electrons. The van der Waals surface area contributed by atoms with E-state index < -0.39 is 47.2 Å². The summed E-state index contributed by atoms with van der Waals surface area (Å²) in [7, 11) is 1.28. The Bertz CT molecular complexity index is 1380. The van der Waals surface area contributed by atoms with E-state index >= 15 is 0 Å². The maximum atomic E-state index is 13.9. The Morgan fingerprint density at radius 3 is 2.48 bits per heavy atom. The fourth-order valence-electron chi connectivity index (χ4n) is 4.41. The first-order valence-electron chi connectivity index (χ1n) is 13.0. The summed E-state index contributed by atoms with van der Waals surface area (Å²) in [5.41, 5.74) is -0.824. The lowest BCUT2D eigenvalue weighted by Gasteiger charge is -2.35. The number of carbonyl (C=O) groups is 3. The highest BCUT2D eigenvalue weighted by Crippen LogP contribution is 2.33. The van der Waals surface area contributed by atoms with E-state index in [0.29, 0.717) is 17.4 Å². The van der Waals surface area contributed by atoms with Crippen molar-refractivity contribution in [3.05, 3.63) is 35.8 Å². The third-order valence-corrected chi connectivity index (χ3v) is 7.06. The van der Waals surface area contributed by atoms with Gasteiger partial charge in [0.1, 0.15) is 34.3 Å². The second kappa shape index (κ2) is 11.4. The Morgan fingerprint density at radius 1 is 1.10 bits per heavy atom. The van der Waals surface area contributed by atoms with E-state index in [0.717, 1.165) is 10.2 Å². The van der Waals surface area contributed by atoms with Crippen LogP contribution in [-0.4, -0.2) is 75.3 Å². The van der Waals surface area contributed by atoms with Gasteiger partial charge in [-0.05, 0) is 49.8 Å². The predicted molar refractivity (Wildman–Crippen MR) is 150 cm³/mol. The number of alkyl carbamates (subject to hydrolysis) is 1. The van der Waals surface area contributed by atoms with Gasteiger partial charge in [0.05, 0.1) is 19.0 Å². The van der Waals surface area contributed by atoms with Gasteiger partial charge in [-0.1, -0.05) is 26.8 Å². The predicted octanol–water partition coefficient (Wildman–Crippen LogP) is 4.21. The van der Waals surface area contributed by atoms with Crippen molar-refractivity contribution in [2.45, 2.75) is 71.8 Å². The van der Waals surface area contributed by atoms with Crippen molar-refractivity contribution in [2.75, 3.05) is 13.7 Å². The molecule has 2 unspecified atom stereocenters. The van der Waals surface area contributed by atoms with Gasteiger partial charge in [0.25, 0.3) is 0 Å². The summed E-state index contributed by atoms with van der Waals surface area (Å²) in [6, 6.07) is 5.47. The van der Waals surface area contributed by atoms with Gasteiger partial charge in [-0.15, -0.1) is 11.3 Å². The molecule has 0 aromatic carbocycles. The van der Waals surface area contributed by atoms with Crippen molar-refractivity contribution in [2.24, 2.45) is 5.41 Å². The van der Waals surface area contributed by atoms with Gasteiger partial charge < -0.3 is 24.4 Å². The average Bonchev–Trinajstić information content (AvgIpc) is 3.53. The average molecular weight is 570 g/mol. The third kappa shape index (κ3) is 6.67. The molecule has 1 N–H and O–H groups in total. The van der Waals surface area contributed by atoms with E-state index in [9.17, 15) is 14.4 Å². The lowest BCUT2D eigenvalue weighted by Crippen LogP contribution is -2.57. The van der Waals surface area contributed by atoms with Crippen LogP contribution in [0.4, 0.5) is 4.79 Å². The summed E-state index contributed by atoms with van der Waals surface area (Å²) >= 11 is 1.45. The van der Waals surface area contributed by atoms with E-state index in [2.05, 4.69) is 20.3 Å². The quantitative estimate of drug-likeness (QED) is 0.433. The first kappa shape index (κ1) is 29.2. The number of rotatable bonds is 6. The van der Waals surface area contributed by atoms with Crippen LogP contribution in [0.25, 0.3) is 21.7 Å². The number of methoxy groups -OCH3 is 1. The Labute approximate surface area is 237 Å². The van der Waals surface area contributed by atoms with Crippen molar-refractivity contribution in [3.63, 3.8) is 0 Å². The van der Waals surface area contributed by atoms with Crippen LogP contribution < -0.4 is 10.1 Å². The highest BCUT2D eigenvalue weighted by Gasteiger charge is 2.46. The minimum absolute atomic E-state index is 0.0930. The second-order valence-electron chi connectivity index (χ2n) is 11.7. The molecule has 12 heteroatoms. The number of pyridine rings is 1. The van der Waals surface area contributed by atoms with E-state index in [4.69, 9.17) is 14.2 Å². The summed E-state index contributed by atoms with van der Waals surface area (Å²) in [4.78, 5) is 55.1. The van der Waals surface area contributed by atoms with Gasteiger partial charge in [-0.25, -0.2) is 14.6 Å². The summed E-state index contributed by atoms with van der Waals surface area (Å²) in [6.07, 6.45) is 0.571. The molecule has 1 aliphatic heterocycles. The number of ether oxygens (including phenoxy) is 3. The molecule has 3 aromatic heterocycles. The largest absolute Gasteiger partial charge is 0.472 e. The summed E-state index contributed by atoms with van der Waals surface area (Å²) in [5.74, 6) is -0.247. The SMILES string of the molecule is COC(=O)C1CC(Oc2nc(-c3ccccn3)nc3sccc23)CN1C(=O)[C@@H](NC(=O)OC(C)(C)C)C(C)(C)C. The molecule has 11 nitrogen and oxygen atoms in total. The zero-order chi connectivity index (χ0) is 29.2. The van der Waals surface area contributed by atoms with Crippen LogP contribution in [0.5, 0.6) is 5.88 Å². The lowest BCUT2D eigenvalue weighted by molar-refractivity contribution is -0.152. The standard InChI is InChI=1S/C28H35N5O6S/c1-27(2,3)20(30-26(36)39-28(4,5)6)24(34)33-15-16(14-19(33)25(35)37-7)38-22-17-11-13-40-23(17)32-21(31-22)18-10-8-9-12-29-18/h8-13,16,19-20H,14-15H2,1-7H3,(H,30,36)/t16?,19?,20-/m1/s1. The maximum absolute atomic E-state index is 13.9. The molecule has 0 aliphatic carbocycles. The number of hydrogen-bond donors (Lipinski definition) is 1. The minimum Gasteiger partial charge on any atom is -0.472 e. The fraction of sp³-hybridized carbons (Fsp3) is 0.500. The molecule has 4 heterocycles. The summed E-state index contributed by atoms with van der Waals surface area (Å²) in [6.45, 7) is 10.8. The van der Waals surface area contributed by atoms with Gasteiger partial charge in [-0.2, -0.15) is 4.98 Å². The first-order valence-corrected chi connectivity index (χ1v) is 13.9. The molecule has 40 heavy (non-hydrogen) atoms. The lowest BCUT2D eigenvalue weighted by atomic mass is 9.85. The fourth-order valence-corrected chi connectivity index (χ4v) is 5.17. The summed E-state index contributed by atoms with van der Waals surface area (Å²) in [5, 5.41) is 5.33. The van der Waals surface area contributed by atoms with Gasteiger partial charge in [0.15, 0.2) is 5.82 Å². The first-order chi connectivity index (χ1) is 18.8. The number of likely N-dealkylation sites (tertiary alicyclic amines) is 1. The molecule has 3 atom stereocenters. The van der Waals surface area contributed by atoms with Crippen molar-refractivity contribution < 1.29 is 28.6 Å². The van der Waals surface area contributed by atoms with Gasteiger partial charge >= 0.3 is 12.1 Å². The number of aromatic nitrogens is 3. The zero-order valence-corrected chi connectivity index (χ0v) is 24.6. The van der Waals surface area contributed by atoms with Crippen molar-refractivity contribution in [1.82, 2.24) is 25.2 Å². The molecule has 1 fully saturated rings. The van der Waals surface area contributed by atoms with Crippen LogP contribution in [-0.2, 0) is 19.1 Å². The number of nitrogens with one attached hydrogen (secondary N) is 1. The molecule has 2 amide bonds. The van der Waals surface area contributed by atoms with E-state index in [1.807, 2.05) is 50.4 Å². The van der Waals surface area contributed by atoms with E-state index in [1.165, 1.54) is 23.3 Å². The molecule has 4 rings (SSSR count). The molecule has 0 radical (unpaired) electrons. The Balaban J connectivity index is 1.61. The van der Waals surface area contributed by atoms with Crippen LogP contribution in [0.15, 0.2) is 35.8 Å². The number of thiophene rings is 1. The number of nitrogens with zero attached hydrogens (tertiary/aromatic N) is 4. The Hall–Kier alpha value is -3.80. The van der Waals surface area contributed by atoms with Crippen molar-refractivity contribution in [1.29, 1.82) is 0 Å². The van der Waals surface area contributed by atoms with Gasteiger partial charge in [0.2, 0.25) is 11.8 Å². The van der Waals surface area contributed by atoms with Crippen molar-refractivity contribution >= 4 is 39.5 Å². The molecule has 0 spiro atoms. The van der Waals surface area contributed by atoms with Crippen LogP contribution >= 0.6 is 11.3 Å². The Kier molecular flexibility index (Phi) is 8.29. The zero-order valence-electron chi connectivity index (χ0n) is 23.8. The van der Waals surface area contributed by atoms with E-state index in [1.54, 1.807) is 27.0 Å². The van der Waals surface area contributed by atoms with Crippen LogP contribution in [0.3, 0.4) is 0 Å². The molecular weight excluding hydrogens is 534 g/mol. The monoisotopic (exact) mass is 569 g/mol. The smallest absolute Gasteiger partial charge is 0.408 e. The third-order valence-electron chi connectivity index (χ3n) is 6.26. The van der Waals surface area contributed by atoms with Crippen LogP contribution in [0, 0.1) is 5.41 Å². The van der Waals surface area contributed by atoms with E-state index in [-0.39, 0.29) is 13.0 Å². The minimum atomic E-state index is -0.966. The molecular formula is C28H35N5O6S. The molecule has 0 saturated carbocycles. The molecule has 1 saturated heterocycles. The molecule has 3 aromatic rings. The Morgan fingerprint density at radius 2 is 1.85 bits per heavy atom.